The molecule has 0 bridgehead atoms. The van der Waals surface area contributed by atoms with Gasteiger partial charge in [0.05, 0.1) is 12.3 Å². The monoisotopic (exact) mass is 273 g/mol. The van der Waals surface area contributed by atoms with Crippen LogP contribution < -0.4 is 5.32 Å². The minimum Gasteiger partial charge on any atom is -0.467 e. The van der Waals surface area contributed by atoms with Crippen molar-refractivity contribution < 1.29 is 22.0 Å². The predicted molar refractivity (Wildman–Crippen MR) is 61.6 cm³/mol. The second-order valence-electron chi connectivity index (χ2n) is 3.96. The SMILES string of the molecule is CCC(Nc1c(F)c(F)cc(F)c1F)c1ccco1. The summed E-state index contributed by atoms with van der Waals surface area (Å²) in [6.45, 7) is 1.74. The maximum absolute atomic E-state index is 13.5. The van der Waals surface area contributed by atoms with Gasteiger partial charge in [-0.25, -0.2) is 17.6 Å². The van der Waals surface area contributed by atoms with Gasteiger partial charge in [0.2, 0.25) is 0 Å². The Labute approximate surface area is 107 Å². The van der Waals surface area contributed by atoms with Gasteiger partial charge in [0.15, 0.2) is 23.3 Å². The Balaban J connectivity index is 2.37. The van der Waals surface area contributed by atoms with E-state index in [1.807, 2.05) is 0 Å². The van der Waals surface area contributed by atoms with Crippen LogP contribution in [0, 0.1) is 23.3 Å². The highest BCUT2D eigenvalue weighted by atomic mass is 19.2. The highest BCUT2D eigenvalue weighted by Crippen LogP contribution is 2.29. The van der Waals surface area contributed by atoms with Crippen molar-refractivity contribution in [2.75, 3.05) is 5.32 Å². The summed E-state index contributed by atoms with van der Waals surface area (Å²) in [5, 5.41) is 2.43. The van der Waals surface area contributed by atoms with Gasteiger partial charge in [-0.1, -0.05) is 6.92 Å². The molecule has 0 fully saturated rings. The zero-order chi connectivity index (χ0) is 14.0. The lowest BCUT2D eigenvalue weighted by molar-refractivity contribution is 0.446. The summed E-state index contributed by atoms with van der Waals surface area (Å²) in [5.41, 5.74) is -0.833. The minimum absolute atomic E-state index is 0.170. The van der Waals surface area contributed by atoms with E-state index in [1.54, 1.807) is 19.1 Å². The van der Waals surface area contributed by atoms with Crippen molar-refractivity contribution in [1.29, 1.82) is 0 Å². The van der Waals surface area contributed by atoms with Gasteiger partial charge in [-0.05, 0) is 18.6 Å². The topological polar surface area (TPSA) is 25.2 Å². The van der Waals surface area contributed by atoms with Gasteiger partial charge < -0.3 is 9.73 Å². The number of anilines is 1. The number of nitrogens with one attached hydrogen (secondary N) is 1. The molecule has 0 saturated carbocycles. The predicted octanol–water partition coefficient (Wildman–Crippen LogP) is 4.40. The molecule has 0 aliphatic rings. The lowest BCUT2D eigenvalue weighted by Gasteiger charge is -2.17. The Bertz CT molecular complexity index is 542. The van der Waals surface area contributed by atoms with E-state index < -0.39 is 35.0 Å². The molecule has 2 nitrogen and oxygen atoms in total. The Hall–Kier alpha value is -1.98. The molecule has 102 valence electrons. The standard InChI is InChI=1S/C13H11F4NO/c1-2-9(10-4-3-5-19-10)18-13-11(16)7(14)6-8(15)12(13)17/h3-6,9,18H,2H2,1H3. The van der Waals surface area contributed by atoms with Gasteiger partial charge in [0, 0.05) is 6.07 Å². The molecule has 19 heavy (non-hydrogen) atoms. The third kappa shape index (κ3) is 2.57. The zero-order valence-electron chi connectivity index (χ0n) is 10.0. The van der Waals surface area contributed by atoms with Crippen LogP contribution in [-0.4, -0.2) is 0 Å². The van der Waals surface area contributed by atoms with Crippen LogP contribution in [0.15, 0.2) is 28.9 Å². The first-order valence-corrected chi connectivity index (χ1v) is 5.67. The number of hydrogen-bond acceptors (Lipinski definition) is 2. The molecule has 2 aromatic rings. The quantitative estimate of drug-likeness (QED) is 0.659. The molecule has 0 spiro atoms. The summed E-state index contributed by atoms with van der Waals surface area (Å²) < 4.78 is 58.3. The average Bonchev–Trinajstić information content (AvgIpc) is 2.91. The number of hydrogen-bond donors (Lipinski definition) is 1. The van der Waals surface area contributed by atoms with Crippen molar-refractivity contribution in [3.05, 3.63) is 53.5 Å². The van der Waals surface area contributed by atoms with Crippen LogP contribution in [0.4, 0.5) is 23.2 Å². The first-order chi connectivity index (χ1) is 9.04. The summed E-state index contributed by atoms with van der Waals surface area (Å²) >= 11 is 0. The highest BCUT2D eigenvalue weighted by Gasteiger charge is 2.22. The van der Waals surface area contributed by atoms with E-state index >= 15 is 0 Å². The molecule has 2 rings (SSSR count). The van der Waals surface area contributed by atoms with Crippen LogP contribution in [0.3, 0.4) is 0 Å². The molecule has 0 amide bonds. The van der Waals surface area contributed by atoms with Crippen LogP contribution in [-0.2, 0) is 0 Å². The number of benzene rings is 1. The summed E-state index contributed by atoms with van der Waals surface area (Å²) in [6, 6.07) is 2.80. The fourth-order valence-electron chi connectivity index (χ4n) is 1.74. The number of furan rings is 1. The highest BCUT2D eigenvalue weighted by molar-refractivity contribution is 5.48. The summed E-state index contributed by atoms with van der Waals surface area (Å²) in [4.78, 5) is 0. The molecule has 0 aliphatic heterocycles. The first-order valence-electron chi connectivity index (χ1n) is 5.67. The third-order valence-electron chi connectivity index (χ3n) is 2.73. The molecule has 0 radical (unpaired) electrons. The zero-order valence-corrected chi connectivity index (χ0v) is 10.0. The van der Waals surface area contributed by atoms with Crippen LogP contribution in [0.1, 0.15) is 25.1 Å². The smallest absolute Gasteiger partial charge is 0.185 e. The fourth-order valence-corrected chi connectivity index (χ4v) is 1.74. The van der Waals surface area contributed by atoms with Gasteiger partial charge in [0.25, 0.3) is 0 Å². The molecule has 1 aromatic heterocycles. The van der Waals surface area contributed by atoms with Gasteiger partial charge in [0.1, 0.15) is 11.4 Å². The summed E-state index contributed by atoms with van der Waals surface area (Å²) in [7, 11) is 0. The van der Waals surface area contributed by atoms with Gasteiger partial charge in [-0.2, -0.15) is 0 Å². The Morgan fingerprint density at radius 1 is 1.16 bits per heavy atom. The number of rotatable bonds is 4. The van der Waals surface area contributed by atoms with Crippen molar-refractivity contribution in [2.24, 2.45) is 0 Å². The van der Waals surface area contributed by atoms with Crippen molar-refractivity contribution in [3.63, 3.8) is 0 Å². The molecule has 0 aliphatic carbocycles. The van der Waals surface area contributed by atoms with E-state index in [9.17, 15) is 17.6 Å². The maximum Gasteiger partial charge on any atom is 0.185 e. The Morgan fingerprint density at radius 2 is 1.79 bits per heavy atom. The average molecular weight is 273 g/mol. The van der Waals surface area contributed by atoms with E-state index in [1.165, 1.54) is 6.26 Å². The summed E-state index contributed by atoms with van der Waals surface area (Å²) in [5.74, 6) is -5.38. The molecule has 6 heteroatoms. The molecule has 1 unspecified atom stereocenters. The minimum atomic E-state index is -1.45. The maximum atomic E-state index is 13.5. The van der Waals surface area contributed by atoms with Crippen molar-refractivity contribution in [3.8, 4) is 0 Å². The van der Waals surface area contributed by atoms with E-state index in [0.717, 1.165) is 0 Å². The molecule has 0 saturated heterocycles. The van der Waals surface area contributed by atoms with E-state index in [4.69, 9.17) is 4.42 Å². The van der Waals surface area contributed by atoms with Crippen LogP contribution in [0.5, 0.6) is 0 Å². The third-order valence-corrected chi connectivity index (χ3v) is 2.73. The van der Waals surface area contributed by atoms with Gasteiger partial charge >= 0.3 is 0 Å². The second-order valence-corrected chi connectivity index (χ2v) is 3.96. The van der Waals surface area contributed by atoms with E-state index in [0.29, 0.717) is 12.2 Å². The fraction of sp³-hybridized carbons (Fsp3) is 0.231. The molecule has 1 aromatic carbocycles. The van der Waals surface area contributed by atoms with Gasteiger partial charge in [-0.3, -0.25) is 0 Å². The van der Waals surface area contributed by atoms with Crippen molar-refractivity contribution in [2.45, 2.75) is 19.4 Å². The molecule has 1 atom stereocenters. The number of halogens is 4. The molecule has 1 N–H and O–H groups in total. The molecular weight excluding hydrogens is 262 g/mol. The largest absolute Gasteiger partial charge is 0.467 e. The van der Waals surface area contributed by atoms with Gasteiger partial charge in [-0.15, -0.1) is 0 Å². The van der Waals surface area contributed by atoms with Crippen molar-refractivity contribution >= 4 is 5.69 Å². The van der Waals surface area contributed by atoms with Crippen LogP contribution >= 0.6 is 0 Å². The van der Waals surface area contributed by atoms with E-state index in [2.05, 4.69) is 5.32 Å². The molecule has 1 heterocycles. The summed E-state index contributed by atoms with van der Waals surface area (Å²) in [6.07, 6.45) is 1.82. The Kier molecular flexibility index (Phi) is 3.78. The van der Waals surface area contributed by atoms with Crippen LogP contribution in [0.25, 0.3) is 0 Å². The second kappa shape index (κ2) is 5.34. The van der Waals surface area contributed by atoms with E-state index in [-0.39, 0.29) is 6.07 Å². The Morgan fingerprint density at radius 3 is 2.26 bits per heavy atom. The molecular formula is C13H11F4NO. The first kappa shape index (κ1) is 13.5. The van der Waals surface area contributed by atoms with Crippen molar-refractivity contribution in [1.82, 2.24) is 0 Å². The lowest BCUT2D eigenvalue weighted by Crippen LogP contribution is -2.13. The normalized spacial score (nSPS) is 12.5. The lowest BCUT2D eigenvalue weighted by atomic mass is 10.1. The van der Waals surface area contributed by atoms with Crippen LogP contribution in [0.2, 0.25) is 0 Å².